The lowest BCUT2D eigenvalue weighted by atomic mass is 9.95. The monoisotopic (exact) mass is 612 g/mol. The third-order valence-corrected chi connectivity index (χ3v) is 7.41. The lowest BCUT2D eigenvalue weighted by molar-refractivity contribution is -0.139. The zero-order valence-corrected chi connectivity index (χ0v) is 24.6. The van der Waals surface area contributed by atoms with E-state index in [9.17, 15) is 9.59 Å². The van der Waals surface area contributed by atoms with Gasteiger partial charge in [-0.1, -0.05) is 46.0 Å². The van der Waals surface area contributed by atoms with E-state index in [0.717, 1.165) is 10.0 Å². The van der Waals surface area contributed by atoms with Gasteiger partial charge in [-0.2, -0.15) is 0 Å². The minimum Gasteiger partial charge on any atom is -0.493 e. The fourth-order valence-corrected chi connectivity index (χ4v) is 5.71. The van der Waals surface area contributed by atoms with Gasteiger partial charge in [-0.3, -0.25) is 9.36 Å². The maximum atomic E-state index is 14.0. The number of thiazole rings is 1. The Balaban J connectivity index is 1.96. The number of benzene rings is 2. The van der Waals surface area contributed by atoms with Crippen LogP contribution in [0, 0.1) is 0 Å². The molecule has 0 saturated heterocycles. The normalized spacial score (nSPS) is 14.9. The maximum absolute atomic E-state index is 14.0. The molecule has 0 bridgehead atoms. The van der Waals surface area contributed by atoms with Gasteiger partial charge in [0.25, 0.3) is 5.56 Å². The highest BCUT2D eigenvalue weighted by atomic mass is 79.9. The van der Waals surface area contributed by atoms with Crippen molar-refractivity contribution in [3.8, 4) is 17.2 Å². The zero-order valence-electron chi connectivity index (χ0n) is 22.2. The van der Waals surface area contributed by atoms with Gasteiger partial charge >= 0.3 is 5.97 Å². The molecule has 1 aliphatic rings. The third-order valence-electron chi connectivity index (χ3n) is 5.94. The smallest absolute Gasteiger partial charge is 0.338 e. The molecule has 0 aliphatic carbocycles. The van der Waals surface area contributed by atoms with Crippen LogP contribution in [-0.2, 0) is 9.53 Å². The highest BCUT2D eigenvalue weighted by Crippen LogP contribution is 2.36. The molecule has 0 saturated carbocycles. The van der Waals surface area contributed by atoms with Crippen molar-refractivity contribution in [3.05, 3.63) is 95.6 Å². The summed E-state index contributed by atoms with van der Waals surface area (Å²) in [5.41, 5.74) is 1.87. The molecule has 2 aromatic carbocycles. The number of hydrogen-bond acceptors (Lipinski definition) is 8. The Kier molecular flexibility index (Phi) is 9.08. The molecule has 0 radical (unpaired) electrons. The Bertz CT molecular complexity index is 1620. The molecule has 3 aromatic rings. The number of carbonyl (C=O) groups excluding carboxylic acids is 1. The van der Waals surface area contributed by atoms with Gasteiger partial charge in [-0.25, -0.2) is 9.79 Å². The van der Waals surface area contributed by atoms with Crippen molar-refractivity contribution >= 4 is 39.3 Å². The van der Waals surface area contributed by atoms with E-state index < -0.39 is 12.0 Å². The summed E-state index contributed by atoms with van der Waals surface area (Å²) < 4.78 is 25.2. The third kappa shape index (κ3) is 5.86. The fraction of sp³-hybridized carbons (Fsp3) is 0.276. The second-order valence-electron chi connectivity index (χ2n) is 8.43. The number of allylic oxidation sites excluding steroid dienone is 1. The van der Waals surface area contributed by atoms with Crippen LogP contribution in [-0.4, -0.2) is 37.5 Å². The largest absolute Gasteiger partial charge is 0.493 e. The summed E-state index contributed by atoms with van der Waals surface area (Å²) in [5.74, 6) is 1.14. The van der Waals surface area contributed by atoms with Gasteiger partial charge in [0.1, 0.15) is 12.4 Å². The molecule has 1 atom stereocenters. The molecule has 1 aromatic heterocycles. The van der Waals surface area contributed by atoms with E-state index >= 15 is 0 Å². The van der Waals surface area contributed by atoms with Crippen LogP contribution >= 0.6 is 27.3 Å². The van der Waals surface area contributed by atoms with E-state index in [-0.39, 0.29) is 12.2 Å². The molecule has 204 valence electrons. The van der Waals surface area contributed by atoms with E-state index in [0.29, 0.717) is 56.6 Å². The summed E-state index contributed by atoms with van der Waals surface area (Å²) in [6, 6.07) is 10.2. The fourth-order valence-electron chi connectivity index (χ4n) is 4.29. The molecule has 0 amide bonds. The number of methoxy groups -OCH3 is 1. The Hall–Kier alpha value is -3.63. The van der Waals surface area contributed by atoms with Crippen molar-refractivity contribution in [3.63, 3.8) is 0 Å². The lowest BCUT2D eigenvalue weighted by Gasteiger charge is -2.25. The van der Waals surface area contributed by atoms with Crippen LogP contribution in [0.2, 0.25) is 0 Å². The highest BCUT2D eigenvalue weighted by molar-refractivity contribution is 9.10. The zero-order chi connectivity index (χ0) is 28.1. The van der Waals surface area contributed by atoms with Crippen LogP contribution in [0.1, 0.15) is 37.9 Å². The van der Waals surface area contributed by atoms with E-state index in [2.05, 4.69) is 27.5 Å². The first-order chi connectivity index (χ1) is 18.8. The second kappa shape index (κ2) is 12.5. The number of rotatable bonds is 10. The first-order valence-corrected chi connectivity index (χ1v) is 14.0. The van der Waals surface area contributed by atoms with Crippen LogP contribution in [0.5, 0.6) is 17.2 Å². The molecule has 39 heavy (non-hydrogen) atoms. The second-order valence-corrected chi connectivity index (χ2v) is 10.4. The number of esters is 1. The number of hydrogen-bond donors (Lipinski definition) is 0. The number of carbonyl (C=O) groups is 1. The molecule has 4 rings (SSSR count). The summed E-state index contributed by atoms with van der Waals surface area (Å²) in [4.78, 5) is 32.3. The van der Waals surface area contributed by atoms with Crippen molar-refractivity contribution in [1.82, 2.24) is 4.57 Å². The van der Waals surface area contributed by atoms with Gasteiger partial charge in [-0.05, 0) is 62.7 Å². The quantitative estimate of drug-likeness (QED) is 0.247. The van der Waals surface area contributed by atoms with Crippen LogP contribution in [0.4, 0.5) is 0 Å². The summed E-state index contributed by atoms with van der Waals surface area (Å²) >= 11 is 4.74. The van der Waals surface area contributed by atoms with Crippen LogP contribution in [0.15, 0.2) is 74.6 Å². The molecule has 0 fully saturated rings. The highest BCUT2D eigenvalue weighted by Gasteiger charge is 2.34. The Morgan fingerprint density at radius 2 is 1.90 bits per heavy atom. The number of ether oxygens (including phenoxy) is 4. The van der Waals surface area contributed by atoms with Gasteiger partial charge in [-0.15, -0.1) is 0 Å². The molecular formula is C29H29BrN2O6S. The van der Waals surface area contributed by atoms with Crippen molar-refractivity contribution in [2.75, 3.05) is 26.9 Å². The lowest BCUT2D eigenvalue weighted by Crippen LogP contribution is -2.40. The standard InChI is InChI=1S/C29H29BrN2O6S/c1-6-13-38-21-12-10-20(30)14-19(21)16-24-27(33)32-26(18-9-11-22(35-5)23(15-18)36-7-2)25(28(34)37-8-3)17(4)31-29(32)39-24/h6,9-12,14-16,26H,1,7-8,13H2,2-5H3/b24-16-/t26-/m0/s1. The molecule has 0 N–H and O–H groups in total. The molecule has 8 nitrogen and oxygen atoms in total. The van der Waals surface area contributed by atoms with Crippen molar-refractivity contribution in [2.24, 2.45) is 4.99 Å². The molecule has 2 heterocycles. The summed E-state index contributed by atoms with van der Waals surface area (Å²) in [6.07, 6.45) is 3.43. The number of fused-ring (bicyclic) bond motifs is 1. The maximum Gasteiger partial charge on any atom is 0.338 e. The molecular weight excluding hydrogens is 584 g/mol. The molecule has 0 unspecified atom stereocenters. The predicted octanol–water partition coefficient (Wildman–Crippen LogP) is 4.53. The van der Waals surface area contributed by atoms with Crippen LogP contribution < -0.4 is 29.1 Å². The predicted molar refractivity (Wildman–Crippen MR) is 154 cm³/mol. The Morgan fingerprint density at radius 1 is 1.13 bits per heavy atom. The minimum absolute atomic E-state index is 0.190. The topological polar surface area (TPSA) is 88.3 Å². The number of halogens is 1. The van der Waals surface area contributed by atoms with Crippen LogP contribution in [0.3, 0.4) is 0 Å². The number of nitrogens with zero attached hydrogens (tertiary/aromatic N) is 2. The summed E-state index contributed by atoms with van der Waals surface area (Å²) in [7, 11) is 1.56. The summed E-state index contributed by atoms with van der Waals surface area (Å²) in [5, 5.41) is 0. The van der Waals surface area contributed by atoms with Crippen LogP contribution in [0.25, 0.3) is 6.08 Å². The van der Waals surface area contributed by atoms with E-state index in [1.54, 1.807) is 45.2 Å². The van der Waals surface area contributed by atoms with E-state index in [4.69, 9.17) is 18.9 Å². The average molecular weight is 614 g/mol. The SMILES string of the molecule is C=CCOc1ccc(Br)cc1/C=c1\sc2n(c1=O)[C@@H](c1ccc(OC)c(OCC)c1)C(C(=O)OCC)=C(C)N=2. The minimum atomic E-state index is -0.772. The van der Waals surface area contributed by atoms with Gasteiger partial charge in [0.05, 0.1) is 42.2 Å². The summed E-state index contributed by atoms with van der Waals surface area (Å²) in [6.45, 7) is 10.0. The van der Waals surface area contributed by atoms with E-state index in [1.165, 1.54) is 15.9 Å². The van der Waals surface area contributed by atoms with Gasteiger partial charge in [0, 0.05) is 10.0 Å². The van der Waals surface area contributed by atoms with E-state index in [1.807, 2.05) is 31.2 Å². The molecule has 1 aliphatic heterocycles. The van der Waals surface area contributed by atoms with Gasteiger partial charge < -0.3 is 18.9 Å². The first kappa shape index (κ1) is 28.4. The Morgan fingerprint density at radius 3 is 2.59 bits per heavy atom. The van der Waals surface area contributed by atoms with Gasteiger partial charge in [0.15, 0.2) is 16.3 Å². The van der Waals surface area contributed by atoms with Crippen molar-refractivity contribution in [2.45, 2.75) is 26.8 Å². The molecule has 10 heteroatoms. The van der Waals surface area contributed by atoms with Crippen molar-refractivity contribution < 1.29 is 23.7 Å². The first-order valence-electron chi connectivity index (χ1n) is 12.4. The number of aromatic nitrogens is 1. The Labute approximate surface area is 238 Å². The van der Waals surface area contributed by atoms with Crippen molar-refractivity contribution in [1.29, 1.82) is 0 Å². The average Bonchev–Trinajstić information content (AvgIpc) is 3.21. The molecule has 0 spiro atoms. The van der Waals surface area contributed by atoms with Gasteiger partial charge in [0.2, 0.25) is 0 Å².